The quantitative estimate of drug-likeness (QED) is 0.368. The van der Waals surface area contributed by atoms with Crippen LogP contribution in [0.4, 0.5) is 14.6 Å². The lowest BCUT2D eigenvalue weighted by atomic mass is 9.95. The maximum atomic E-state index is 13.0. The van der Waals surface area contributed by atoms with E-state index in [-0.39, 0.29) is 18.2 Å². The van der Waals surface area contributed by atoms with E-state index in [9.17, 15) is 19.5 Å². The second kappa shape index (κ2) is 10.5. The fourth-order valence-electron chi connectivity index (χ4n) is 4.99. The van der Waals surface area contributed by atoms with Gasteiger partial charge in [-0.1, -0.05) is 0 Å². The Morgan fingerprint density at radius 1 is 1.03 bits per heavy atom. The molecule has 202 valence electrons. The average molecular weight is 557 g/mol. The molecule has 3 aromatic heterocycles. The Kier molecular flexibility index (Phi) is 7.23. The summed E-state index contributed by atoms with van der Waals surface area (Å²) in [4.78, 5) is 41.4. The van der Waals surface area contributed by atoms with Crippen LogP contribution < -0.4 is 10.6 Å². The van der Waals surface area contributed by atoms with Gasteiger partial charge in [0.25, 0.3) is 0 Å². The first-order valence-corrected chi connectivity index (χ1v) is 14.4. The maximum absolute atomic E-state index is 13.0. The Morgan fingerprint density at radius 3 is 2.47 bits per heavy atom. The largest absolute Gasteiger partial charge is 0.478 e. The molecule has 38 heavy (non-hydrogen) atoms. The molecule has 5 rings (SSSR count). The highest BCUT2D eigenvalue weighted by Gasteiger charge is 2.30. The monoisotopic (exact) mass is 556 g/mol. The highest BCUT2D eigenvalue weighted by Crippen LogP contribution is 2.39. The van der Waals surface area contributed by atoms with Crippen LogP contribution in [0.5, 0.6) is 0 Å². The van der Waals surface area contributed by atoms with E-state index in [4.69, 9.17) is 4.74 Å². The highest BCUT2D eigenvalue weighted by atomic mass is 32.1. The van der Waals surface area contributed by atoms with E-state index in [1.807, 2.05) is 49.9 Å². The number of carbonyl (C=O) groups excluding carboxylic acids is 2. The van der Waals surface area contributed by atoms with Crippen molar-refractivity contribution in [3.63, 3.8) is 0 Å². The standard InChI is InChI=1S/C27H32N4O5S2/c1-27(2,3)36-26(35)31-13-10-16-18(23(38-20(16)15-31)30-11-6-7-12-30)14-28-25(34)29-22-21(24(32)33)17-8-4-5-9-19(17)37-22/h6-7,11-12H,4-5,8-10,13-15H2,1-3H3,(H,32,33)(H2,28,29,34). The van der Waals surface area contributed by atoms with E-state index < -0.39 is 17.6 Å². The fraction of sp³-hybridized carbons (Fsp3) is 0.444. The zero-order chi connectivity index (χ0) is 27.0. The van der Waals surface area contributed by atoms with Gasteiger partial charge in [-0.3, -0.25) is 5.32 Å². The number of rotatable bonds is 5. The molecule has 0 spiro atoms. The molecule has 0 bridgehead atoms. The third-order valence-electron chi connectivity index (χ3n) is 6.67. The number of hydrogen-bond acceptors (Lipinski definition) is 6. The molecule has 3 aromatic rings. The molecule has 0 saturated carbocycles. The van der Waals surface area contributed by atoms with Crippen LogP contribution in [-0.4, -0.2) is 44.8 Å². The van der Waals surface area contributed by atoms with Gasteiger partial charge in [0.2, 0.25) is 0 Å². The number of aromatic carboxylic acids is 1. The van der Waals surface area contributed by atoms with E-state index in [0.717, 1.165) is 57.1 Å². The zero-order valence-corrected chi connectivity index (χ0v) is 23.4. The minimum Gasteiger partial charge on any atom is -0.478 e. The van der Waals surface area contributed by atoms with Crippen LogP contribution in [0.2, 0.25) is 0 Å². The van der Waals surface area contributed by atoms with Crippen molar-refractivity contribution >= 4 is 45.8 Å². The lowest BCUT2D eigenvalue weighted by Gasteiger charge is -2.30. The van der Waals surface area contributed by atoms with Crippen LogP contribution in [0.3, 0.4) is 0 Å². The summed E-state index contributed by atoms with van der Waals surface area (Å²) in [7, 11) is 0. The molecule has 0 unspecified atom stereocenters. The summed E-state index contributed by atoms with van der Waals surface area (Å²) < 4.78 is 7.59. The Labute approximate surface area is 229 Å². The van der Waals surface area contributed by atoms with E-state index in [0.29, 0.717) is 24.5 Å². The molecule has 0 aromatic carbocycles. The lowest BCUT2D eigenvalue weighted by molar-refractivity contribution is 0.0226. The van der Waals surface area contributed by atoms with Crippen LogP contribution in [0.1, 0.15) is 70.4 Å². The molecule has 0 radical (unpaired) electrons. The third kappa shape index (κ3) is 5.44. The van der Waals surface area contributed by atoms with Crippen LogP contribution in [0.15, 0.2) is 24.5 Å². The molecule has 0 saturated heterocycles. The minimum atomic E-state index is -1.00. The number of aromatic nitrogens is 1. The number of urea groups is 1. The molecular weight excluding hydrogens is 524 g/mol. The number of aryl methyl sites for hydroxylation is 1. The molecule has 4 heterocycles. The smallest absolute Gasteiger partial charge is 0.410 e. The molecule has 11 heteroatoms. The van der Waals surface area contributed by atoms with Crippen molar-refractivity contribution in [3.05, 3.63) is 56.5 Å². The number of carbonyl (C=O) groups is 3. The Hall–Kier alpha value is -3.31. The normalized spacial score (nSPS) is 15.0. The minimum absolute atomic E-state index is 0.225. The Balaban J connectivity index is 1.34. The van der Waals surface area contributed by atoms with Crippen LogP contribution >= 0.6 is 22.7 Å². The van der Waals surface area contributed by atoms with Gasteiger partial charge in [0.1, 0.15) is 15.6 Å². The molecule has 2 aliphatic rings. The molecule has 0 atom stereocenters. The summed E-state index contributed by atoms with van der Waals surface area (Å²) in [6, 6.07) is 3.46. The van der Waals surface area contributed by atoms with Crippen molar-refractivity contribution in [1.82, 2.24) is 14.8 Å². The highest BCUT2D eigenvalue weighted by molar-refractivity contribution is 7.17. The maximum Gasteiger partial charge on any atom is 0.410 e. The number of nitrogens with zero attached hydrogens (tertiary/aromatic N) is 2. The predicted molar refractivity (Wildman–Crippen MR) is 148 cm³/mol. The average Bonchev–Trinajstić information content (AvgIpc) is 3.57. The Bertz CT molecular complexity index is 1370. The van der Waals surface area contributed by atoms with Gasteiger partial charge in [-0.25, -0.2) is 14.4 Å². The van der Waals surface area contributed by atoms with Crippen LogP contribution in [0.25, 0.3) is 5.00 Å². The fourth-order valence-corrected chi connectivity index (χ4v) is 7.62. The van der Waals surface area contributed by atoms with Gasteiger partial charge in [-0.2, -0.15) is 0 Å². The van der Waals surface area contributed by atoms with Crippen molar-refractivity contribution in [2.45, 2.75) is 71.6 Å². The van der Waals surface area contributed by atoms with Crippen molar-refractivity contribution in [1.29, 1.82) is 0 Å². The summed E-state index contributed by atoms with van der Waals surface area (Å²) in [6.45, 7) is 6.84. The first kappa shape index (κ1) is 26.3. The van der Waals surface area contributed by atoms with E-state index in [2.05, 4.69) is 10.6 Å². The molecular formula is C27H32N4O5S2. The second-order valence-electron chi connectivity index (χ2n) is 10.6. The van der Waals surface area contributed by atoms with Crippen molar-refractivity contribution < 1.29 is 24.2 Å². The third-order valence-corrected chi connectivity index (χ3v) is 9.15. The second-order valence-corrected chi connectivity index (χ2v) is 12.7. The number of nitrogens with one attached hydrogen (secondary N) is 2. The topological polar surface area (TPSA) is 113 Å². The zero-order valence-electron chi connectivity index (χ0n) is 21.8. The molecule has 1 aliphatic carbocycles. The number of fused-ring (bicyclic) bond motifs is 2. The molecule has 1 aliphatic heterocycles. The first-order chi connectivity index (χ1) is 18.1. The number of thiophene rings is 2. The van der Waals surface area contributed by atoms with Gasteiger partial charge >= 0.3 is 18.1 Å². The number of anilines is 1. The van der Waals surface area contributed by atoms with E-state index >= 15 is 0 Å². The summed E-state index contributed by atoms with van der Waals surface area (Å²) >= 11 is 2.97. The molecule has 3 amide bonds. The summed E-state index contributed by atoms with van der Waals surface area (Å²) in [5.41, 5.74) is 2.66. The van der Waals surface area contributed by atoms with Crippen molar-refractivity contribution in [2.24, 2.45) is 0 Å². The number of hydrogen-bond donors (Lipinski definition) is 3. The summed E-state index contributed by atoms with van der Waals surface area (Å²) in [5, 5.41) is 16.9. The van der Waals surface area contributed by atoms with Gasteiger partial charge in [0.15, 0.2) is 0 Å². The number of amides is 3. The van der Waals surface area contributed by atoms with Crippen molar-refractivity contribution in [2.75, 3.05) is 11.9 Å². The predicted octanol–water partition coefficient (Wildman–Crippen LogP) is 5.79. The van der Waals surface area contributed by atoms with Crippen LogP contribution in [0, 0.1) is 0 Å². The number of ether oxygens (including phenoxy) is 1. The van der Waals surface area contributed by atoms with E-state index in [1.54, 1.807) is 16.2 Å². The van der Waals surface area contributed by atoms with Gasteiger partial charge in [-0.05, 0) is 76.1 Å². The molecule has 3 N–H and O–H groups in total. The summed E-state index contributed by atoms with van der Waals surface area (Å²) in [6.07, 6.45) is 7.84. The first-order valence-electron chi connectivity index (χ1n) is 12.8. The van der Waals surface area contributed by atoms with Gasteiger partial charge < -0.3 is 24.6 Å². The van der Waals surface area contributed by atoms with Crippen LogP contribution in [-0.2, 0) is 37.1 Å². The van der Waals surface area contributed by atoms with Gasteiger partial charge in [0, 0.05) is 40.8 Å². The van der Waals surface area contributed by atoms with E-state index in [1.165, 1.54) is 11.3 Å². The van der Waals surface area contributed by atoms with Gasteiger partial charge in [-0.15, -0.1) is 22.7 Å². The van der Waals surface area contributed by atoms with Crippen molar-refractivity contribution in [3.8, 4) is 5.00 Å². The lowest BCUT2D eigenvalue weighted by Crippen LogP contribution is -2.39. The number of carboxylic acids is 1. The SMILES string of the molecule is CC(C)(C)OC(=O)N1CCc2c(sc(-n3cccc3)c2CNC(=O)Nc2sc3c(c2C(=O)O)CCCC3)C1. The molecule has 0 fully saturated rings. The Morgan fingerprint density at radius 2 is 1.76 bits per heavy atom. The summed E-state index contributed by atoms with van der Waals surface area (Å²) in [5.74, 6) is -1.00. The van der Waals surface area contributed by atoms with Gasteiger partial charge in [0.05, 0.1) is 12.1 Å². The molecule has 9 nitrogen and oxygen atoms in total. The number of carboxylic acid groups (broad SMARTS) is 1.